The first-order valence-corrected chi connectivity index (χ1v) is 8.75. The lowest BCUT2D eigenvalue weighted by Gasteiger charge is -2.24. The van der Waals surface area contributed by atoms with E-state index in [2.05, 4.69) is 5.32 Å². The maximum absolute atomic E-state index is 12.3. The molecular weight excluding hydrogens is 290 g/mol. The van der Waals surface area contributed by atoms with Crippen molar-refractivity contribution < 1.29 is 22.2 Å². The third-order valence-corrected chi connectivity index (χ3v) is 5.80. The summed E-state index contributed by atoms with van der Waals surface area (Å²) in [6.45, 7) is 2.38. The van der Waals surface area contributed by atoms with E-state index in [0.717, 1.165) is 13.1 Å². The summed E-state index contributed by atoms with van der Waals surface area (Å²) in [5.74, 6) is 0. The number of benzene rings is 1. The fraction of sp³-hybridized carbons (Fsp3) is 0.400. The van der Waals surface area contributed by atoms with Gasteiger partial charge in [-0.15, -0.1) is 0 Å². The zero-order valence-corrected chi connectivity index (χ0v) is 11.8. The van der Waals surface area contributed by atoms with E-state index in [-0.39, 0.29) is 9.79 Å². The van der Waals surface area contributed by atoms with Gasteiger partial charge in [0.1, 0.15) is 0 Å². The maximum Gasteiger partial charge on any atom is 0.243 e. The minimum atomic E-state index is -3.80. The number of sulfonamides is 2. The molecule has 0 spiro atoms. The van der Waals surface area contributed by atoms with Gasteiger partial charge in [-0.25, -0.2) is 22.0 Å². The Morgan fingerprint density at radius 1 is 0.947 bits per heavy atom. The van der Waals surface area contributed by atoms with Gasteiger partial charge in [0.05, 0.1) is 36.0 Å². The largest absolute Gasteiger partial charge is 0.344 e. The van der Waals surface area contributed by atoms with Crippen molar-refractivity contribution in [3.8, 4) is 0 Å². The summed E-state index contributed by atoms with van der Waals surface area (Å²) in [4.78, 5) is -0.0137. The average Bonchev–Trinajstić information content (AvgIpc) is 2.39. The minimum Gasteiger partial charge on any atom is -0.344 e. The molecule has 7 nitrogen and oxygen atoms in total. The normalized spacial score (nSPS) is 18.4. The second kappa shape index (κ2) is 5.17. The first kappa shape index (κ1) is 14.4. The molecule has 0 unspecified atom stereocenters. The lowest BCUT2D eigenvalue weighted by Crippen LogP contribution is -2.89. The van der Waals surface area contributed by atoms with Crippen molar-refractivity contribution in [3.63, 3.8) is 0 Å². The molecule has 0 atom stereocenters. The minimum absolute atomic E-state index is 0.0850. The van der Waals surface area contributed by atoms with E-state index in [0.29, 0.717) is 13.1 Å². The molecule has 2 rings (SSSR count). The first-order valence-electron chi connectivity index (χ1n) is 5.76. The van der Waals surface area contributed by atoms with Gasteiger partial charge in [0.15, 0.2) is 0 Å². The number of piperazine rings is 1. The van der Waals surface area contributed by atoms with Crippen LogP contribution in [0, 0.1) is 0 Å². The molecule has 0 amide bonds. The Kier molecular flexibility index (Phi) is 3.92. The SMILES string of the molecule is NS(=O)(=O)c1ccc(S(=O)(=O)N2CC[NH2+]CC2)cc1. The van der Waals surface area contributed by atoms with E-state index in [1.807, 2.05) is 0 Å². The number of primary sulfonamides is 1. The Morgan fingerprint density at radius 3 is 1.89 bits per heavy atom. The summed E-state index contributed by atoms with van der Waals surface area (Å²) in [7, 11) is -7.35. The van der Waals surface area contributed by atoms with Gasteiger partial charge in [0.25, 0.3) is 0 Å². The molecular formula is C10H16N3O4S2+. The number of rotatable bonds is 3. The summed E-state index contributed by atoms with van der Waals surface area (Å²) < 4.78 is 48.2. The van der Waals surface area contributed by atoms with Crippen molar-refractivity contribution in [1.29, 1.82) is 0 Å². The summed E-state index contributed by atoms with van der Waals surface area (Å²) in [5, 5.41) is 7.02. The Bertz CT molecular complexity index is 647. The lowest BCUT2D eigenvalue weighted by molar-refractivity contribution is -0.661. The topological polar surface area (TPSA) is 114 Å². The van der Waals surface area contributed by atoms with Crippen LogP contribution in [0.25, 0.3) is 0 Å². The van der Waals surface area contributed by atoms with Crippen LogP contribution >= 0.6 is 0 Å². The highest BCUT2D eigenvalue weighted by atomic mass is 32.2. The number of hydrogen-bond donors (Lipinski definition) is 2. The fourth-order valence-electron chi connectivity index (χ4n) is 1.92. The second-order valence-electron chi connectivity index (χ2n) is 4.29. The standard InChI is InChI=1S/C10H15N3O4S2/c11-18(14,15)9-1-3-10(4-2-9)19(16,17)13-7-5-12-6-8-13/h1-4,12H,5-8H2,(H2,11,14,15)/p+1. The molecule has 1 aliphatic rings. The van der Waals surface area contributed by atoms with Gasteiger partial charge in [-0.2, -0.15) is 4.31 Å². The number of nitrogens with two attached hydrogens (primary N) is 2. The molecule has 1 aromatic rings. The Balaban J connectivity index is 2.31. The Morgan fingerprint density at radius 2 is 1.42 bits per heavy atom. The molecule has 0 aliphatic carbocycles. The molecule has 0 bridgehead atoms. The van der Waals surface area contributed by atoms with E-state index in [1.165, 1.54) is 28.6 Å². The van der Waals surface area contributed by atoms with E-state index >= 15 is 0 Å². The van der Waals surface area contributed by atoms with Gasteiger partial charge in [0.2, 0.25) is 20.0 Å². The van der Waals surface area contributed by atoms with Crippen molar-refractivity contribution in [2.24, 2.45) is 5.14 Å². The predicted molar refractivity (Wildman–Crippen MR) is 68.2 cm³/mol. The zero-order chi connectivity index (χ0) is 14.1. The summed E-state index contributed by atoms with van der Waals surface area (Å²) in [6.07, 6.45) is 0. The Hall–Kier alpha value is -1.00. The van der Waals surface area contributed by atoms with Crippen LogP contribution in [0.3, 0.4) is 0 Å². The maximum atomic E-state index is 12.3. The van der Waals surface area contributed by atoms with Crippen LogP contribution in [-0.2, 0) is 20.0 Å². The molecule has 1 fully saturated rings. The fourth-order valence-corrected chi connectivity index (χ4v) is 3.90. The van der Waals surface area contributed by atoms with Crippen LogP contribution < -0.4 is 10.5 Å². The van der Waals surface area contributed by atoms with Gasteiger partial charge in [-0.05, 0) is 24.3 Å². The van der Waals surface area contributed by atoms with Crippen LogP contribution in [0.4, 0.5) is 0 Å². The van der Waals surface area contributed by atoms with E-state index in [1.54, 1.807) is 0 Å². The van der Waals surface area contributed by atoms with Crippen LogP contribution in [0.1, 0.15) is 0 Å². The molecule has 4 N–H and O–H groups in total. The molecule has 1 aliphatic heterocycles. The molecule has 106 valence electrons. The summed E-state index contributed by atoms with van der Waals surface area (Å²) in [5.41, 5.74) is 0. The molecule has 0 saturated carbocycles. The van der Waals surface area contributed by atoms with Crippen molar-refractivity contribution in [2.75, 3.05) is 26.2 Å². The molecule has 1 saturated heterocycles. The van der Waals surface area contributed by atoms with Crippen molar-refractivity contribution in [3.05, 3.63) is 24.3 Å². The third kappa shape index (κ3) is 3.12. The second-order valence-corrected chi connectivity index (χ2v) is 7.79. The van der Waals surface area contributed by atoms with E-state index in [4.69, 9.17) is 5.14 Å². The molecule has 1 heterocycles. The number of hydrogen-bond acceptors (Lipinski definition) is 4. The van der Waals surface area contributed by atoms with Crippen molar-refractivity contribution in [2.45, 2.75) is 9.79 Å². The molecule has 9 heteroatoms. The van der Waals surface area contributed by atoms with Crippen LogP contribution in [0.2, 0.25) is 0 Å². The van der Waals surface area contributed by atoms with Gasteiger partial charge >= 0.3 is 0 Å². The number of nitrogens with zero attached hydrogens (tertiary/aromatic N) is 1. The summed E-state index contributed by atoms with van der Waals surface area (Å²) >= 11 is 0. The van der Waals surface area contributed by atoms with E-state index in [9.17, 15) is 16.8 Å². The van der Waals surface area contributed by atoms with Gasteiger partial charge in [-0.3, -0.25) is 0 Å². The van der Waals surface area contributed by atoms with Gasteiger partial charge in [-0.1, -0.05) is 0 Å². The average molecular weight is 306 g/mol. The summed E-state index contributed by atoms with van der Waals surface area (Å²) in [6, 6.07) is 4.96. The van der Waals surface area contributed by atoms with Crippen LogP contribution in [0.5, 0.6) is 0 Å². The first-order chi connectivity index (χ1) is 8.82. The smallest absolute Gasteiger partial charge is 0.243 e. The van der Waals surface area contributed by atoms with Crippen molar-refractivity contribution >= 4 is 20.0 Å². The molecule has 1 aromatic carbocycles. The highest BCUT2D eigenvalue weighted by Gasteiger charge is 2.27. The lowest BCUT2D eigenvalue weighted by atomic mass is 10.4. The van der Waals surface area contributed by atoms with Gasteiger partial charge in [0, 0.05) is 0 Å². The number of quaternary nitrogens is 1. The molecule has 0 radical (unpaired) electrons. The van der Waals surface area contributed by atoms with Crippen molar-refractivity contribution in [1.82, 2.24) is 4.31 Å². The zero-order valence-electron chi connectivity index (χ0n) is 10.2. The van der Waals surface area contributed by atoms with E-state index < -0.39 is 20.0 Å². The molecule has 19 heavy (non-hydrogen) atoms. The third-order valence-electron chi connectivity index (χ3n) is 2.96. The monoisotopic (exact) mass is 306 g/mol. The van der Waals surface area contributed by atoms with Gasteiger partial charge < -0.3 is 5.32 Å². The highest BCUT2D eigenvalue weighted by molar-refractivity contribution is 7.89. The Labute approximate surface area is 112 Å². The van der Waals surface area contributed by atoms with Crippen LogP contribution in [0.15, 0.2) is 34.1 Å². The van der Waals surface area contributed by atoms with Crippen LogP contribution in [-0.4, -0.2) is 47.3 Å². The quantitative estimate of drug-likeness (QED) is 0.666. The predicted octanol–water partition coefficient (Wildman–Crippen LogP) is -2.10. The molecule has 0 aromatic heterocycles. The highest BCUT2D eigenvalue weighted by Crippen LogP contribution is 2.17.